The summed E-state index contributed by atoms with van der Waals surface area (Å²) in [5.41, 5.74) is 1.96. The SMILES string of the molecule is CC1OC(O)C23CC(=O)N4c5ccccc5C5(CCN6CC1C2CC65)C43. The van der Waals surface area contributed by atoms with Crippen molar-refractivity contribution in [1.29, 1.82) is 0 Å². The highest BCUT2D eigenvalue weighted by Gasteiger charge is 2.79. The van der Waals surface area contributed by atoms with Gasteiger partial charge < -0.3 is 14.7 Å². The zero-order valence-corrected chi connectivity index (χ0v) is 15.0. The van der Waals surface area contributed by atoms with Crippen molar-refractivity contribution in [3.8, 4) is 0 Å². The second-order valence-electron chi connectivity index (χ2n) is 9.47. The molecule has 8 atom stereocenters. The summed E-state index contributed by atoms with van der Waals surface area (Å²) >= 11 is 0. The van der Waals surface area contributed by atoms with Crippen LogP contribution in [0.25, 0.3) is 0 Å². The number of ether oxygens (including phenoxy) is 1. The Hall–Kier alpha value is -1.43. The van der Waals surface area contributed by atoms with Crippen molar-refractivity contribution < 1.29 is 14.6 Å². The van der Waals surface area contributed by atoms with E-state index in [-0.39, 0.29) is 23.5 Å². The summed E-state index contributed by atoms with van der Waals surface area (Å²) in [6, 6.07) is 9.06. The topological polar surface area (TPSA) is 53.0 Å². The summed E-state index contributed by atoms with van der Waals surface area (Å²) in [5, 5.41) is 11.2. The van der Waals surface area contributed by atoms with Crippen molar-refractivity contribution in [2.75, 3.05) is 18.0 Å². The summed E-state index contributed by atoms with van der Waals surface area (Å²) in [6.07, 6.45) is 1.85. The van der Waals surface area contributed by atoms with Gasteiger partial charge in [-0.1, -0.05) is 18.2 Å². The third-order valence-corrected chi connectivity index (χ3v) is 9.03. The molecule has 1 aromatic carbocycles. The van der Waals surface area contributed by atoms with Gasteiger partial charge in [0.05, 0.1) is 17.6 Å². The number of aliphatic hydroxyl groups is 1. The van der Waals surface area contributed by atoms with Gasteiger partial charge in [-0.05, 0) is 43.9 Å². The normalized spacial score (nSPS) is 53.0. The fourth-order valence-corrected chi connectivity index (χ4v) is 8.30. The number of anilines is 1. The lowest BCUT2D eigenvalue weighted by molar-refractivity contribution is -0.300. The molecule has 5 heterocycles. The van der Waals surface area contributed by atoms with Gasteiger partial charge >= 0.3 is 0 Å². The van der Waals surface area contributed by atoms with Crippen molar-refractivity contribution in [3.05, 3.63) is 29.8 Å². The second-order valence-corrected chi connectivity index (χ2v) is 9.47. The minimum absolute atomic E-state index is 0.0326. The summed E-state index contributed by atoms with van der Waals surface area (Å²) in [6.45, 7) is 4.26. The number of nitrogens with zero attached hydrogens (tertiary/aromatic N) is 2. The first kappa shape index (κ1) is 14.6. The van der Waals surface area contributed by atoms with E-state index in [2.05, 4.69) is 34.9 Å². The van der Waals surface area contributed by atoms with Crippen LogP contribution in [0.3, 0.4) is 0 Å². The van der Waals surface area contributed by atoms with Gasteiger partial charge in [0.1, 0.15) is 0 Å². The first-order valence-corrected chi connectivity index (χ1v) is 10.1. The Balaban J connectivity index is 1.57. The number of para-hydroxylation sites is 1. The molecule has 7 rings (SSSR count). The average Bonchev–Trinajstić information content (AvgIpc) is 3.27. The van der Waals surface area contributed by atoms with Crippen LogP contribution in [0.15, 0.2) is 24.3 Å². The first-order valence-electron chi connectivity index (χ1n) is 10.1. The van der Waals surface area contributed by atoms with Gasteiger partial charge in [0.2, 0.25) is 5.91 Å². The molecule has 4 saturated heterocycles. The van der Waals surface area contributed by atoms with Crippen LogP contribution in [-0.2, 0) is 14.9 Å². The number of piperidine rings is 1. The van der Waals surface area contributed by atoms with Crippen molar-refractivity contribution in [2.45, 2.75) is 56.1 Å². The van der Waals surface area contributed by atoms with Crippen molar-refractivity contribution in [3.63, 3.8) is 0 Å². The number of hydrogen-bond acceptors (Lipinski definition) is 4. The molecule has 1 N–H and O–H groups in total. The predicted molar refractivity (Wildman–Crippen MR) is 94.6 cm³/mol. The Labute approximate surface area is 152 Å². The number of carbonyl (C=O) groups excluding carboxylic acids is 1. The lowest BCUT2D eigenvalue weighted by Gasteiger charge is -2.64. The monoisotopic (exact) mass is 352 g/mol. The minimum Gasteiger partial charge on any atom is -0.367 e. The van der Waals surface area contributed by atoms with Crippen LogP contribution >= 0.6 is 0 Å². The largest absolute Gasteiger partial charge is 0.367 e. The van der Waals surface area contributed by atoms with E-state index >= 15 is 0 Å². The summed E-state index contributed by atoms with van der Waals surface area (Å²) in [5.74, 6) is 0.977. The summed E-state index contributed by atoms with van der Waals surface area (Å²) in [7, 11) is 0. The predicted octanol–water partition coefficient (Wildman–Crippen LogP) is 1.49. The van der Waals surface area contributed by atoms with Crippen molar-refractivity contribution in [1.82, 2.24) is 4.90 Å². The molecule has 26 heavy (non-hydrogen) atoms. The van der Waals surface area contributed by atoms with Crippen LogP contribution in [0.4, 0.5) is 5.69 Å². The summed E-state index contributed by atoms with van der Waals surface area (Å²) < 4.78 is 6.13. The average molecular weight is 352 g/mol. The molecule has 0 radical (unpaired) electrons. The van der Waals surface area contributed by atoms with E-state index < -0.39 is 11.7 Å². The number of benzene rings is 1. The van der Waals surface area contributed by atoms with Crippen molar-refractivity contribution in [2.24, 2.45) is 17.3 Å². The van der Waals surface area contributed by atoms with E-state index in [4.69, 9.17) is 4.74 Å². The maximum absolute atomic E-state index is 13.3. The molecular weight excluding hydrogens is 328 g/mol. The van der Waals surface area contributed by atoms with Crippen molar-refractivity contribution >= 4 is 11.6 Å². The molecule has 0 aromatic heterocycles. The lowest BCUT2D eigenvalue weighted by Crippen LogP contribution is -2.73. The number of carbonyl (C=O) groups is 1. The van der Waals surface area contributed by atoms with Gasteiger partial charge in [-0.2, -0.15) is 0 Å². The quantitative estimate of drug-likeness (QED) is 0.769. The number of rotatable bonds is 0. The molecule has 2 bridgehead atoms. The molecule has 5 aliphatic heterocycles. The molecule has 6 aliphatic rings. The molecule has 1 aliphatic carbocycles. The molecule has 5 nitrogen and oxygen atoms in total. The first-order chi connectivity index (χ1) is 12.6. The fourth-order valence-electron chi connectivity index (χ4n) is 8.30. The highest BCUT2D eigenvalue weighted by molar-refractivity contribution is 6.01. The van der Waals surface area contributed by atoms with Gasteiger partial charge in [-0.15, -0.1) is 0 Å². The van der Waals surface area contributed by atoms with Gasteiger partial charge in [0.25, 0.3) is 0 Å². The Kier molecular flexibility index (Phi) is 2.35. The highest BCUT2D eigenvalue weighted by Crippen LogP contribution is 2.72. The molecule has 5 fully saturated rings. The number of aliphatic hydroxyl groups excluding tert-OH is 1. The van der Waals surface area contributed by atoms with Crippen LogP contribution in [0.5, 0.6) is 0 Å². The second kappa shape index (κ2) is 4.18. The molecule has 2 spiro atoms. The molecule has 1 aromatic rings. The maximum Gasteiger partial charge on any atom is 0.228 e. The molecule has 5 heteroatoms. The smallest absolute Gasteiger partial charge is 0.228 e. The van der Waals surface area contributed by atoms with Gasteiger partial charge in [0, 0.05) is 36.0 Å². The van der Waals surface area contributed by atoms with Crippen LogP contribution in [0.1, 0.15) is 31.7 Å². The highest BCUT2D eigenvalue weighted by atomic mass is 16.6. The van der Waals surface area contributed by atoms with E-state index in [0.717, 1.165) is 31.6 Å². The minimum atomic E-state index is -0.836. The van der Waals surface area contributed by atoms with Crippen LogP contribution < -0.4 is 4.90 Å². The number of hydrogen-bond donors (Lipinski definition) is 1. The molecule has 1 saturated carbocycles. The Bertz CT molecular complexity index is 857. The van der Waals surface area contributed by atoms with Gasteiger partial charge in [-0.3, -0.25) is 9.69 Å². The van der Waals surface area contributed by atoms with Crippen LogP contribution in [0.2, 0.25) is 0 Å². The third kappa shape index (κ3) is 1.23. The third-order valence-electron chi connectivity index (χ3n) is 9.03. The molecular formula is C21H24N2O3. The molecule has 136 valence electrons. The van der Waals surface area contributed by atoms with Crippen LogP contribution in [-0.4, -0.2) is 53.5 Å². The van der Waals surface area contributed by atoms with E-state index in [1.54, 1.807) is 0 Å². The number of fused-ring (bicyclic) bond motifs is 2. The zero-order chi connectivity index (χ0) is 17.4. The fraction of sp³-hybridized carbons (Fsp3) is 0.667. The van der Waals surface area contributed by atoms with Gasteiger partial charge in [0.15, 0.2) is 6.29 Å². The van der Waals surface area contributed by atoms with E-state index in [0.29, 0.717) is 24.3 Å². The Morgan fingerprint density at radius 3 is 3.04 bits per heavy atom. The lowest BCUT2D eigenvalue weighted by atomic mass is 9.46. The Morgan fingerprint density at radius 1 is 1.31 bits per heavy atom. The zero-order valence-electron chi connectivity index (χ0n) is 15.0. The standard InChI is InChI=1S/C21H24N2O3/c1-11-12-10-22-7-6-20-13-4-2-3-5-15(13)23-17(24)9-21(18(20)23,19(25)26-11)14(12)8-16(20)22/h2-5,11-12,14,16,18-19,25H,6-10H2,1H3. The van der Waals surface area contributed by atoms with E-state index in [1.807, 2.05) is 6.07 Å². The maximum atomic E-state index is 13.3. The Morgan fingerprint density at radius 2 is 2.15 bits per heavy atom. The molecule has 8 unspecified atom stereocenters. The van der Waals surface area contributed by atoms with Crippen LogP contribution in [0, 0.1) is 17.3 Å². The molecule has 1 amide bonds. The summed E-state index contributed by atoms with van der Waals surface area (Å²) in [4.78, 5) is 18.0. The van der Waals surface area contributed by atoms with E-state index in [1.165, 1.54) is 5.56 Å². The number of amides is 1. The van der Waals surface area contributed by atoms with Gasteiger partial charge in [-0.25, -0.2) is 0 Å². The van der Waals surface area contributed by atoms with E-state index in [9.17, 15) is 9.90 Å².